The summed E-state index contributed by atoms with van der Waals surface area (Å²) in [6.07, 6.45) is 1.71. The second-order valence-electron chi connectivity index (χ2n) is 6.22. The van der Waals surface area contributed by atoms with E-state index in [4.69, 9.17) is 4.74 Å². The summed E-state index contributed by atoms with van der Waals surface area (Å²) < 4.78 is 20.1. The molecule has 0 amide bonds. The second-order valence-corrected chi connectivity index (χ2v) is 7.31. The molecule has 0 aliphatic rings. The molecule has 5 nitrogen and oxygen atoms in total. The van der Waals surface area contributed by atoms with Gasteiger partial charge in [0.1, 0.15) is 33.5 Å². The molecule has 7 heteroatoms. The van der Waals surface area contributed by atoms with Crippen LogP contribution < -0.4 is 10.2 Å². The Bertz CT molecular complexity index is 1010. The van der Waals surface area contributed by atoms with Gasteiger partial charge < -0.3 is 4.74 Å². The van der Waals surface area contributed by atoms with Crippen LogP contribution in [0.4, 0.5) is 4.39 Å². The summed E-state index contributed by atoms with van der Waals surface area (Å²) in [5.74, 6) is 0.0634. The lowest BCUT2D eigenvalue weighted by atomic mass is 10.3. The fourth-order valence-electron chi connectivity index (χ4n) is 2.47. The molecule has 0 aliphatic heterocycles. The fraction of sp³-hybridized carbons (Fsp3) is 0.250. The molecule has 0 unspecified atom stereocenters. The van der Waals surface area contributed by atoms with Gasteiger partial charge in [-0.1, -0.05) is 6.07 Å². The number of halogens is 1. The first-order valence-electron chi connectivity index (χ1n) is 8.55. The molecule has 0 atom stereocenters. The van der Waals surface area contributed by atoms with Gasteiger partial charge in [-0.2, -0.15) is 0 Å². The number of ether oxygens (including phenoxy) is 1. The third-order valence-electron chi connectivity index (χ3n) is 3.66. The van der Waals surface area contributed by atoms with Crippen molar-refractivity contribution in [3.05, 3.63) is 75.5 Å². The zero-order valence-corrected chi connectivity index (χ0v) is 16.2. The Hall–Kier alpha value is -2.80. The van der Waals surface area contributed by atoms with Crippen molar-refractivity contribution in [3.63, 3.8) is 0 Å². The molecule has 0 spiro atoms. The Labute approximate surface area is 160 Å². The van der Waals surface area contributed by atoms with Crippen molar-refractivity contribution in [2.45, 2.75) is 33.4 Å². The van der Waals surface area contributed by atoms with Crippen molar-refractivity contribution in [2.75, 3.05) is 0 Å². The largest absolute Gasteiger partial charge is 0.486 e. The van der Waals surface area contributed by atoms with E-state index in [1.54, 1.807) is 31.3 Å². The predicted molar refractivity (Wildman–Crippen MR) is 102 cm³/mol. The first-order valence-corrected chi connectivity index (χ1v) is 9.36. The maximum atomic E-state index is 13.0. The highest BCUT2D eigenvalue weighted by Gasteiger charge is 2.17. The van der Waals surface area contributed by atoms with Crippen molar-refractivity contribution < 1.29 is 13.9 Å². The number of nitrogens with zero attached hydrogens (tertiary/aromatic N) is 3. The first kappa shape index (κ1) is 19.0. The van der Waals surface area contributed by atoms with Crippen molar-refractivity contribution >= 4 is 17.2 Å². The SMILES string of the molecule is Cc1nc(COc2ccc(F)cc2)sc1C(=O)n1ccccc1=NC(C)C. The van der Waals surface area contributed by atoms with Crippen LogP contribution in [-0.4, -0.2) is 21.5 Å². The van der Waals surface area contributed by atoms with E-state index in [9.17, 15) is 9.18 Å². The van der Waals surface area contributed by atoms with Gasteiger partial charge in [-0.25, -0.2) is 9.37 Å². The van der Waals surface area contributed by atoms with Crippen LogP contribution in [0, 0.1) is 12.7 Å². The predicted octanol–water partition coefficient (Wildman–Crippen LogP) is 3.97. The summed E-state index contributed by atoms with van der Waals surface area (Å²) in [4.78, 5) is 22.5. The Kier molecular flexibility index (Phi) is 5.81. The molecule has 0 saturated heterocycles. The highest BCUT2D eigenvalue weighted by molar-refractivity contribution is 7.13. The maximum Gasteiger partial charge on any atom is 0.275 e. The minimum atomic E-state index is -0.317. The molecule has 0 N–H and O–H groups in total. The van der Waals surface area contributed by atoms with Crippen LogP contribution in [-0.2, 0) is 6.61 Å². The van der Waals surface area contributed by atoms with Gasteiger partial charge >= 0.3 is 0 Å². The van der Waals surface area contributed by atoms with Gasteiger partial charge in [0.2, 0.25) is 0 Å². The van der Waals surface area contributed by atoms with Crippen molar-refractivity contribution in [1.82, 2.24) is 9.55 Å². The molecule has 3 rings (SSSR count). The van der Waals surface area contributed by atoms with Crippen LogP contribution in [0.2, 0.25) is 0 Å². The van der Waals surface area contributed by atoms with E-state index in [1.165, 1.54) is 28.0 Å². The molecule has 27 heavy (non-hydrogen) atoms. The highest BCUT2D eigenvalue weighted by Crippen LogP contribution is 2.21. The molecule has 140 valence electrons. The van der Waals surface area contributed by atoms with Gasteiger partial charge in [0, 0.05) is 12.2 Å². The third-order valence-corrected chi connectivity index (χ3v) is 4.78. The smallest absolute Gasteiger partial charge is 0.275 e. The zero-order chi connectivity index (χ0) is 19.4. The Morgan fingerprint density at radius 1 is 1.26 bits per heavy atom. The molecule has 1 aromatic carbocycles. The van der Waals surface area contributed by atoms with Gasteiger partial charge in [0.25, 0.3) is 5.91 Å². The van der Waals surface area contributed by atoms with Gasteiger partial charge in [-0.15, -0.1) is 11.3 Å². The normalized spacial score (nSPS) is 11.8. The topological polar surface area (TPSA) is 56.5 Å². The molecule has 0 aliphatic carbocycles. The van der Waals surface area contributed by atoms with E-state index in [-0.39, 0.29) is 24.4 Å². The number of hydrogen-bond donors (Lipinski definition) is 0. The van der Waals surface area contributed by atoms with E-state index in [0.717, 1.165) is 0 Å². The first-order chi connectivity index (χ1) is 12.9. The zero-order valence-electron chi connectivity index (χ0n) is 15.3. The Morgan fingerprint density at radius 2 is 2.00 bits per heavy atom. The number of aryl methyl sites for hydroxylation is 1. The van der Waals surface area contributed by atoms with Crippen LogP contribution in [0.1, 0.15) is 34.2 Å². The molecule has 0 saturated carbocycles. The summed E-state index contributed by atoms with van der Waals surface area (Å²) in [5, 5.41) is 0.680. The molecule has 0 radical (unpaired) electrons. The average Bonchev–Trinajstić information content (AvgIpc) is 3.01. The Balaban J connectivity index is 1.82. The van der Waals surface area contributed by atoms with Crippen molar-refractivity contribution in [2.24, 2.45) is 4.99 Å². The van der Waals surface area contributed by atoms with Crippen LogP contribution >= 0.6 is 11.3 Å². The number of aromatic nitrogens is 2. The lowest BCUT2D eigenvalue weighted by Crippen LogP contribution is -2.28. The summed E-state index contributed by atoms with van der Waals surface area (Å²) in [6.45, 7) is 5.94. The van der Waals surface area contributed by atoms with E-state index in [2.05, 4.69) is 9.98 Å². The fourth-order valence-corrected chi connectivity index (χ4v) is 3.39. The second kappa shape index (κ2) is 8.26. The van der Waals surface area contributed by atoms with Gasteiger partial charge in [-0.05, 0) is 57.2 Å². The molecule has 2 aromatic heterocycles. The molecular formula is C20H20FN3O2S. The van der Waals surface area contributed by atoms with Gasteiger partial charge in [0.05, 0.1) is 5.69 Å². The highest BCUT2D eigenvalue weighted by atomic mass is 32.1. The van der Waals surface area contributed by atoms with E-state index in [0.29, 0.717) is 26.8 Å². The minimum Gasteiger partial charge on any atom is -0.486 e. The lowest BCUT2D eigenvalue weighted by Gasteiger charge is -2.06. The average molecular weight is 385 g/mol. The van der Waals surface area contributed by atoms with Crippen molar-refractivity contribution in [3.8, 4) is 5.75 Å². The quantitative estimate of drug-likeness (QED) is 0.668. The summed E-state index contributed by atoms with van der Waals surface area (Å²) in [5.41, 5.74) is 1.25. The van der Waals surface area contributed by atoms with Gasteiger partial charge in [-0.3, -0.25) is 14.4 Å². The third kappa shape index (κ3) is 4.68. The summed E-state index contributed by atoms with van der Waals surface area (Å²) in [7, 11) is 0. The number of benzene rings is 1. The van der Waals surface area contributed by atoms with Crippen LogP contribution in [0.3, 0.4) is 0 Å². The standard InChI is InChI=1S/C20H20FN3O2S/c1-13(2)22-17-6-4-5-11-24(17)20(25)19-14(3)23-18(27-19)12-26-16-9-7-15(21)8-10-16/h4-11,13H,12H2,1-3H3. The van der Waals surface area contributed by atoms with E-state index < -0.39 is 0 Å². The minimum absolute atomic E-state index is 0.0775. The van der Waals surface area contributed by atoms with E-state index >= 15 is 0 Å². The molecule has 3 aromatic rings. The number of pyridine rings is 1. The number of rotatable bonds is 5. The number of carbonyl (C=O) groups excluding carboxylic acids is 1. The monoisotopic (exact) mass is 385 g/mol. The molecule has 0 fully saturated rings. The van der Waals surface area contributed by atoms with Crippen LogP contribution in [0.25, 0.3) is 0 Å². The van der Waals surface area contributed by atoms with Crippen LogP contribution in [0.15, 0.2) is 53.7 Å². The molecule has 0 bridgehead atoms. The Morgan fingerprint density at radius 3 is 2.70 bits per heavy atom. The van der Waals surface area contributed by atoms with Crippen molar-refractivity contribution in [1.29, 1.82) is 0 Å². The van der Waals surface area contributed by atoms with E-state index in [1.807, 2.05) is 26.0 Å². The molecular weight excluding hydrogens is 365 g/mol. The van der Waals surface area contributed by atoms with Gasteiger partial charge in [0.15, 0.2) is 0 Å². The number of thiazole rings is 1. The summed E-state index contributed by atoms with van der Waals surface area (Å²) in [6, 6.07) is 11.3. The molecule has 2 heterocycles. The summed E-state index contributed by atoms with van der Waals surface area (Å²) >= 11 is 1.29. The number of carbonyl (C=O) groups is 1. The number of hydrogen-bond acceptors (Lipinski definition) is 5. The maximum absolute atomic E-state index is 13.0. The lowest BCUT2D eigenvalue weighted by molar-refractivity contribution is 0.0958. The van der Waals surface area contributed by atoms with Crippen LogP contribution in [0.5, 0.6) is 5.75 Å².